The van der Waals surface area contributed by atoms with E-state index in [9.17, 15) is 0 Å². The minimum absolute atomic E-state index is 0.571. The summed E-state index contributed by atoms with van der Waals surface area (Å²) >= 11 is 0. The number of nitrogens with zero attached hydrogens (tertiary/aromatic N) is 2. The van der Waals surface area contributed by atoms with Crippen LogP contribution in [-0.2, 0) is 4.74 Å². The molecular weight excluding hydrogens is 202 g/mol. The first-order valence-corrected chi connectivity index (χ1v) is 6.59. The Hall–Kier alpha value is -0.160. The van der Waals surface area contributed by atoms with Gasteiger partial charge in [0.25, 0.3) is 0 Å². The van der Waals surface area contributed by atoms with Crippen LogP contribution in [0.25, 0.3) is 0 Å². The van der Waals surface area contributed by atoms with Crippen LogP contribution in [0.15, 0.2) is 0 Å². The number of ether oxygens (including phenoxy) is 1. The highest BCUT2D eigenvalue weighted by Crippen LogP contribution is 2.09. The van der Waals surface area contributed by atoms with Crippen molar-refractivity contribution in [3.63, 3.8) is 0 Å². The molecule has 2 aliphatic rings. The Kier molecular flexibility index (Phi) is 5.03. The van der Waals surface area contributed by atoms with Crippen molar-refractivity contribution in [1.29, 1.82) is 0 Å². The lowest BCUT2D eigenvalue weighted by Gasteiger charge is -2.36. The lowest BCUT2D eigenvalue weighted by atomic mass is 10.2. The van der Waals surface area contributed by atoms with Crippen LogP contribution in [0.1, 0.15) is 12.8 Å². The van der Waals surface area contributed by atoms with E-state index < -0.39 is 0 Å². The highest BCUT2D eigenvalue weighted by Gasteiger charge is 2.23. The highest BCUT2D eigenvalue weighted by atomic mass is 16.5. The van der Waals surface area contributed by atoms with Crippen LogP contribution >= 0.6 is 0 Å². The predicted molar refractivity (Wildman–Crippen MR) is 65.8 cm³/mol. The second-order valence-corrected chi connectivity index (χ2v) is 4.87. The van der Waals surface area contributed by atoms with Crippen LogP contribution < -0.4 is 5.32 Å². The molecule has 0 aliphatic carbocycles. The molecule has 0 saturated carbocycles. The van der Waals surface area contributed by atoms with Crippen molar-refractivity contribution < 1.29 is 4.74 Å². The molecule has 0 radical (unpaired) electrons. The zero-order valence-electron chi connectivity index (χ0n) is 10.5. The van der Waals surface area contributed by atoms with Gasteiger partial charge in [0.15, 0.2) is 0 Å². The summed E-state index contributed by atoms with van der Waals surface area (Å²) in [6.45, 7) is 8.99. The average Bonchev–Trinajstić information content (AvgIpc) is 2.81. The van der Waals surface area contributed by atoms with Crippen LogP contribution in [0.3, 0.4) is 0 Å². The smallest absolute Gasteiger partial charge is 0.0634 e. The van der Waals surface area contributed by atoms with E-state index in [-0.39, 0.29) is 0 Å². The Morgan fingerprint density at radius 1 is 1.19 bits per heavy atom. The molecular formula is C12H25N3O. The Labute approximate surface area is 98.9 Å². The van der Waals surface area contributed by atoms with Gasteiger partial charge in [-0.2, -0.15) is 0 Å². The van der Waals surface area contributed by atoms with Crippen molar-refractivity contribution in [2.45, 2.75) is 18.9 Å². The first kappa shape index (κ1) is 12.3. The molecule has 0 aromatic heterocycles. The third-order valence-electron chi connectivity index (χ3n) is 3.69. The lowest BCUT2D eigenvalue weighted by molar-refractivity contribution is -0.00897. The number of rotatable bonds is 5. The van der Waals surface area contributed by atoms with Crippen molar-refractivity contribution in [3.05, 3.63) is 0 Å². The number of hydrogen-bond donors (Lipinski definition) is 1. The van der Waals surface area contributed by atoms with Gasteiger partial charge in [-0.15, -0.1) is 0 Å². The number of morpholine rings is 1. The molecule has 2 rings (SSSR count). The molecule has 2 aliphatic heterocycles. The topological polar surface area (TPSA) is 27.7 Å². The van der Waals surface area contributed by atoms with E-state index >= 15 is 0 Å². The molecule has 0 aromatic rings. The first-order valence-electron chi connectivity index (χ1n) is 6.59. The van der Waals surface area contributed by atoms with E-state index in [4.69, 9.17) is 4.74 Å². The third-order valence-corrected chi connectivity index (χ3v) is 3.69. The summed E-state index contributed by atoms with van der Waals surface area (Å²) in [5, 5.41) is 3.26. The zero-order valence-corrected chi connectivity index (χ0v) is 10.5. The molecule has 0 bridgehead atoms. The summed E-state index contributed by atoms with van der Waals surface area (Å²) in [4.78, 5) is 5.17. The third kappa shape index (κ3) is 3.42. The zero-order chi connectivity index (χ0) is 11.2. The van der Waals surface area contributed by atoms with Gasteiger partial charge in [-0.3, -0.25) is 4.90 Å². The summed E-state index contributed by atoms with van der Waals surface area (Å²) in [6.07, 6.45) is 2.78. The maximum Gasteiger partial charge on any atom is 0.0634 e. The number of nitrogens with one attached hydrogen (secondary N) is 1. The fourth-order valence-electron chi connectivity index (χ4n) is 2.68. The van der Waals surface area contributed by atoms with Crippen LogP contribution in [-0.4, -0.2) is 75.4 Å². The standard InChI is InChI=1S/C12H25N3O/c1-13-10-12-11-16-9-8-15(12)7-6-14-4-2-3-5-14/h12-13H,2-11H2,1H3. The van der Waals surface area contributed by atoms with Crippen molar-refractivity contribution in [2.24, 2.45) is 0 Å². The van der Waals surface area contributed by atoms with E-state index in [1.165, 1.54) is 39.0 Å². The van der Waals surface area contributed by atoms with E-state index in [0.717, 1.165) is 26.3 Å². The van der Waals surface area contributed by atoms with Gasteiger partial charge in [0.05, 0.1) is 13.2 Å². The normalized spacial score (nSPS) is 28.7. The average molecular weight is 227 g/mol. The van der Waals surface area contributed by atoms with Gasteiger partial charge in [-0.05, 0) is 33.0 Å². The molecule has 0 aromatic carbocycles. The van der Waals surface area contributed by atoms with Gasteiger partial charge in [-0.25, -0.2) is 0 Å². The molecule has 0 spiro atoms. The molecule has 1 atom stereocenters. The predicted octanol–water partition coefficient (Wildman–Crippen LogP) is 0.00240. The lowest BCUT2D eigenvalue weighted by Crippen LogP contribution is -2.51. The summed E-state index contributed by atoms with van der Waals surface area (Å²) in [7, 11) is 2.02. The fraction of sp³-hybridized carbons (Fsp3) is 1.00. The van der Waals surface area contributed by atoms with Crippen LogP contribution in [0.4, 0.5) is 0 Å². The quantitative estimate of drug-likeness (QED) is 0.716. The maximum absolute atomic E-state index is 5.54. The second kappa shape index (κ2) is 6.55. The Morgan fingerprint density at radius 2 is 2.00 bits per heavy atom. The van der Waals surface area contributed by atoms with Gasteiger partial charge in [0, 0.05) is 32.2 Å². The molecule has 94 valence electrons. The SMILES string of the molecule is CNCC1COCCN1CCN1CCCC1. The summed E-state index contributed by atoms with van der Waals surface area (Å²) in [6, 6.07) is 0.571. The van der Waals surface area contributed by atoms with Gasteiger partial charge < -0.3 is 15.0 Å². The first-order chi connectivity index (χ1) is 7.90. The van der Waals surface area contributed by atoms with Crippen molar-refractivity contribution in [1.82, 2.24) is 15.1 Å². The van der Waals surface area contributed by atoms with Gasteiger partial charge >= 0.3 is 0 Å². The minimum Gasteiger partial charge on any atom is -0.378 e. The Bertz CT molecular complexity index is 193. The van der Waals surface area contributed by atoms with Crippen molar-refractivity contribution in [3.8, 4) is 0 Å². The fourth-order valence-corrected chi connectivity index (χ4v) is 2.68. The number of likely N-dealkylation sites (tertiary alicyclic amines) is 1. The molecule has 2 heterocycles. The maximum atomic E-state index is 5.54. The molecule has 4 nitrogen and oxygen atoms in total. The van der Waals surface area contributed by atoms with Crippen molar-refractivity contribution in [2.75, 3.05) is 59.5 Å². The van der Waals surface area contributed by atoms with Crippen LogP contribution in [0, 0.1) is 0 Å². The molecule has 2 fully saturated rings. The Morgan fingerprint density at radius 3 is 2.75 bits per heavy atom. The van der Waals surface area contributed by atoms with E-state index in [1.807, 2.05) is 7.05 Å². The molecule has 4 heteroatoms. The van der Waals surface area contributed by atoms with E-state index in [2.05, 4.69) is 15.1 Å². The molecule has 1 unspecified atom stereocenters. The minimum atomic E-state index is 0.571. The summed E-state index contributed by atoms with van der Waals surface area (Å²) in [5.41, 5.74) is 0. The molecule has 2 saturated heterocycles. The van der Waals surface area contributed by atoms with E-state index in [1.54, 1.807) is 0 Å². The van der Waals surface area contributed by atoms with Gasteiger partial charge in [0.1, 0.15) is 0 Å². The second-order valence-electron chi connectivity index (χ2n) is 4.87. The van der Waals surface area contributed by atoms with Crippen molar-refractivity contribution >= 4 is 0 Å². The molecule has 1 N–H and O–H groups in total. The largest absolute Gasteiger partial charge is 0.378 e. The molecule has 0 amide bonds. The summed E-state index contributed by atoms with van der Waals surface area (Å²) < 4.78 is 5.54. The highest BCUT2D eigenvalue weighted by molar-refractivity contribution is 4.78. The van der Waals surface area contributed by atoms with Gasteiger partial charge in [0.2, 0.25) is 0 Å². The van der Waals surface area contributed by atoms with Gasteiger partial charge in [-0.1, -0.05) is 0 Å². The van der Waals surface area contributed by atoms with Crippen LogP contribution in [0.5, 0.6) is 0 Å². The monoisotopic (exact) mass is 227 g/mol. The Balaban J connectivity index is 1.72. The number of likely N-dealkylation sites (N-methyl/N-ethyl adjacent to an activating group) is 1. The number of hydrogen-bond acceptors (Lipinski definition) is 4. The van der Waals surface area contributed by atoms with E-state index in [0.29, 0.717) is 6.04 Å². The van der Waals surface area contributed by atoms with Crippen LogP contribution in [0.2, 0.25) is 0 Å². The summed E-state index contributed by atoms with van der Waals surface area (Å²) in [5.74, 6) is 0. The molecule has 16 heavy (non-hydrogen) atoms.